The van der Waals surface area contributed by atoms with Gasteiger partial charge in [-0.3, -0.25) is 14.2 Å². The van der Waals surface area contributed by atoms with E-state index in [4.69, 9.17) is 4.98 Å². The van der Waals surface area contributed by atoms with Crippen LogP contribution in [0.5, 0.6) is 5.75 Å². The number of carbonyl (C=O) groups excluding carboxylic acids is 1. The van der Waals surface area contributed by atoms with E-state index in [1.165, 1.54) is 23.5 Å². The highest BCUT2D eigenvalue weighted by molar-refractivity contribution is 7.92. The predicted molar refractivity (Wildman–Crippen MR) is 147 cm³/mol. The Morgan fingerprint density at radius 1 is 1.16 bits per heavy atom. The number of hydrogen-bond acceptors (Lipinski definition) is 7. The minimum absolute atomic E-state index is 0.174. The fraction of sp³-hybridized carbons (Fsp3) is 0.296. The number of fused-ring (bicyclic) bond motifs is 1. The molecule has 11 heteroatoms. The first-order chi connectivity index (χ1) is 17.9. The van der Waals surface area contributed by atoms with Gasteiger partial charge in [0.05, 0.1) is 28.5 Å². The number of aromatic hydroxyl groups is 1. The van der Waals surface area contributed by atoms with Crippen LogP contribution >= 0.6 is 0 Å². The number of anilines is 2. The summed E-state index contributed by atoms with van der Waals surface area (Å²) in [6.45, 7) is 5.73. The number of aromatic amines is 1. The molecule has 0 aliphatic carbocycles. The zero-order valence-electron chi connectivity index (χ0n) is 21.9. The summed E-state index contributed by atoms with van der Waals surface area (Å²) in [6, 6.07) is 9.76. The van der Waals surface area contributed by atoms with Crippen LogP contribution in [0.25, 0.3) is 22.2 Å². The van der Waals surface area contributed by atoms with Gasteiger partial charge in [0, 0.05) is 25.6 Å². The number of benzene rings is 2. The molecule has 9 nitrogen and oxygen atoms in total. The SMILES string of the molecule is CCC(=O)c1n[nH]c2cc(-c3cc(F)c(O)cc3CC)nc(NCc3cc(C)ccc3N(C)S(C)(=O)=O)c12. The van der Waals surface area contributed by atoms with Crippen molar-refractivity contribution in [3.05, 3.63) is 64.6 Å². The van der Waals surface area contributed by atoms with Crippen LogP contribution in [-0.4, -0.2) is 47.8 Å². The summed E-state index contributed by atoms with van der Waals surface area (Å²) in [7, 11) is -2.02. The van der Waals surface area contributed by atoms with E-state index in [1.54, 1.807) is 19.1 Å². The molecule has 0 saturated heterocycles. The molecule has 0 aliphatic rings. The highest BCUT2D eigenvalue weighted by Crippen LogP contribution is 2.34. The molecule has 4 rings (SSSR count). The van der Waals surface area contributed by atoms with Crippen LogP contribution in [0.2, 0.25) is 0 Å². The van der Waals surface area contributed by atoms with Crippen molar-refractivity contribution >= 4 is 38.2 Å². The van der Waals surface area contributed by atoms with E-state index >= 15 is 0 Å². The summed E-state index contributed by atoms with van der Waals surface area (Å²) < 4.78 is 40.1. The Morgan fingerprint density at radius 3 is 2.55 bits per heavy atom. The molecular formula is C27H30FN5O4S. The Hall–Kier alpha value is -3.99. The van der Waals surface area contributed by atoms with Gasteiger partial charge in [-0.05, 0) is 48.7 Å². The number of sulfonamides is 1. The second kappa shape index (κ2) is 10.4. The van der Waals surface area contributed by atoms with Crippen LogP contribution in [-0.2, 0) is 23.0 Å². The molecule has 0 bridgehead atoms. The number of H-pyrrole nitrogens is 1. The molecule has 0 fully saturated rings. The van der Waals surface area contributed by atoms with E-state index in [2.05, 4.69) is 15.5 Å². The van der Waals surface area contributed by atoms with Crippen molar-refractivity contribution in [3.63, 3.8) is 0 Å². The number of carbonyl (C=O) groups is 1. The molecule has 200 valence electrons. The number of aryl methyl sites for hydroxylation is 2. The van der Waals surface area contributed by atoms with Gasteiger partial charge in [-0.15, -0.1) is 0 Å². The second-order valence-corrected chi connectivity index (χ2v) is 11.2. The largest absolute Gasteiger partial charge is 0.505 e. The molecule has 3 N–H and O–H groups in total. The average Bonchev–Trinajstić information content (AvgIpc) is 3.31. The van der Waals surface area contributed by atoms with Gasteiger partial charge in [0.1, 0.15) is 11.5 Å². The Labute approximate surface area is 220 Å². The summed E-state index contributed by atoms with van der Waals surface area (Å²) in [5.74, 6) is -1.04. The van der Waals surface area contributed by atoms with E-state index < -0.39 is 21.6 Å². The van der Waals surface area contributed by atoms with Crippen molar-refractivity contribution in [2.75, 3.05) is 22.9 Å². The molecule has 4 aromatic rings. The summed E-state index contributed by atoms with van der Waals surface area (Å²) in [5, 5.41) is 20.8. The lowest BCUT2D eigenvalue weighted by Gasteiger charge is -2.21. The van der Waals surface area contributed by atoms with Crippen LogP contribution in [0.15, 0.2) is 36.4 Å². The number of pyridine rings is 1. The number of ketones is 1. The van der Waals surface area contributed by atoms with Gasteiger partial charge >= 0.3 is 0 Å². The molecule has 0 radical (unpaired) electrons. The topological polar surface area (TPSA) is 128 Å². The van der Waals surface area contributed by atoms with E-state index in [0.29, 0.717) is 51.2 Å². The lowest BCUT2D eigenvalue weighted by atomic mass is 10.00. The third-order valence-corrected chi connectivity index (χ3v) is 7.67. The van der Waals surface area contributed by atoms with E-state index in [9.17, 15) is 22.7 Å². The van der Waals surface area contributed by atoms with Gasteiger partial charge in [0.2, 0.25) is 10.0 Å². The first-order valence-corrected chi connectivity index (χ1v) is 14.0. The zero-order chi connectivity index (χ0) is 27.8. The number of hydrogen-bond donors (Lipinski definition) is 3. The number of nitrogens with one attached hydrogen (secondary N) is 2. The van der Waals surface area contributed by atoms with Crippen LogP contribution in [0, 0.1) is 12.7 Å². The zero-order valence-corrected chi connectivity index (χ0v) is 22.7. The van der Waals surface area contributed by atoms with Gasteiger partial charge in [-0.1, -0.05) is 31.5 Å². The number of aromatic nitrogens is 3. The van der Waals surface area contributed by atoms with Gasteiger partial charge < -0.3 is 10.4 Å². The van der Waals surface area contributed by atoms with Crippen molar-refractivity contribution in [2.24, 2.45) is 0 Å². The predicted octanol–water partition coefficient (Wildman–Crippen LogP) is 4.94. The van der Waals surface area contributed by atoms with Crippen molar-refractivity contribution in [2.45, 2.75) is 40.2 Å². The molecular weight excluding hydrogens is 509 g/mol. The van der Waals surface area contributed by atoms with E-state index in [1.807, 2.05) is 26.0 Å². The maximum atomic E-state index is 14.4. The summed E-state index contributed by atoms with van der Waals surface area (Å²) in [4.78, 5) is 17.4. The van der Waals surface area contributed by atoms with Crippen LogP contribution in [0.4, 0.5) is 15.9 Å². The molecule has 0 atom stereocenters. The normalized spacial score (nSPS) is 11.6. The number of nitrogens with zero attached hydrogens (tertiary/aromatic N) is 3. The van der Waals surface area contributed by atoms with E-state index in [0.717, 1.165) is 11.8 Å². The molecule has 38 heavy (non-hydrogen) atoms. The summed E-state index contributed by atoms with van der Waals surface area (Å²) in [5.41, 5.74) is 4.53. The fourth-order valence-electron chi connectivity index (χ4n) is 4.34. The minimum atomic E-state index is -3.50. The highest BCUT2D eigenvalue weighted by atomic mass is 32.2. The third-order valence-electron chi connectivity index (χ3n) is 6.48. The summed E-state index contributed by atoms with van der Waals surface area (Å²) >= 11 is 0. The fourth-order valence-corrected chi connectivity index (χ4v) is 4.87. The van der Waals surface area contributed by atoms with Gasteiger partial charge in [-0.2, -0.15) is 5.10 Å². The quantitative estimate of drug-likeness (QED) is 0.257. The number of halogens is 1. The highest BCUT2D eigenvalue weighted by Gasteiger charge is 2.21. The smallest absolute Gasteiger partial charge is 0.232 e. The average molecular weight is 540 g/mol. The van der Waals surface area contributed by atoms with Crippen molar-refractivity contribution in [3.8, 4) is 17.0 Å². The van der Waals surface area contributed by atoms with Crippen LogP contribution < -0.4 is 9.62 Å². The van der Waals surface area contributed by atoms with Crippen LogP contribution in [0.1, 0.15) is 47.4 Å². The van der Waals surface area contributed by atoms with Crippen molar-refractivity contribution in [1.82, 2.24) is 15.2 Å². The lowest BCUT2D eigenvalue weighted by Crippen LogP contribution is -2.26. The monoisotopic (exact) mass is 539 g/mol. The summed E-state index contributed by atoms with van der Waals surface area (Å²) in [6.07, 6.45) is 1.90. The molecule has 0 saturated carbocycles. The van der Waals surface area contributed by atoms with E-state index in [-0.39, 0.29) is 24.4 Å². The molecule has 0 amide bonds. The molecule has 2 aromatic heterocycles. The Kier molecular flexibility index (Phi) is 7.41. The first kappa shape index (κ1) is 27.1. The molecule has 2 heterocycles. The maximum Gasteiger partial charge on any atom is 0.232 e. The second-order valence-electron chi connectivity index (χ2n) is 9.16. The van der Waals surface area contributed by atoms with Crippen molar-refractivity contribution in [1.29, 1.82) is 0 Å². The first-order valence-electron chi connectivity index (χ1n) is 12.2. The molecule has 0 unspecified atom stereocenters. The van der Waals surface area contributed by atoms with Gasteiger partial charge in [0.15, 0.2) is 17.3 Å². The Bertz CT molecular complexity index is 1650. The molecule has 2 aromatic carbocycles. The molecule has 0 spiro atoms. The third kappa shape index (κ3) is 5.19. The maximum absolute atomic E-state index is 14.4. The molecule has 0 aliphatic heterocycles. The Morgan fingerprint density at radius 2 is 1.89 bits per heavy atom. The number of phenols is 1. The Balaban J connectivity index is 1.87. The van der Waals surface area contributed by atoms with Gasteiger partial charge in [-0.25, -0.2) is 17.8 Å². The van der Waals surface area contributed by atoms with Gasteiger partial charge in [0.25, 0.3) is 0 Å². The minimum Gasteiger partial charge on any atom is -0.505 e. The number of Topliss-reactive ketones (excluding diaryl/α,β-unsaturated/α-hetero) is 1. The lowest BCUT2D eigenvalue weighted by molar-refractivity contribution is 0.0985. The number of rotatable bonds is 9. The standard InChI is InChI=1S/C27H30FN5O4S/c1-6-16-11-24(35)19(28)12-18(16)20-13-21-25(26(32-31-21)23(34)7-2)27(30-20)29-14-17-10-15(3)8-9-22(17)33(4)38(5,36)37/h8-13,35H,6-7,14H2,1-5H3,(H,29,30)(H,31,32). The van der Waals surface area contributed by atoms with Crippen molar-refractivity contribution < 1.29 is 22.7 Å². The van der Waals surface area contributed by atoms with Crippen LogP contribution in [0.3, 0.4) is 0 Å². The number of phenolic OH excluding ortho intramolecular Hbond substituents is 1.